The molecule has 0 saturated carbocycles. The molecule has 19 heavy (non-hydrogen) atoms. The Morgan fingerprint density at radius 3 is 2.74 bits per heavy atom. The SMILES string of the molecule is Cc1cc(N)cc(-c2nc3cc(Br)ccc3o2)c1C. The molecule has 0 aliphatic rings. The van der Waals surface area contributed by atoms with E-state index in [1.54, 1.807) is 0 Å². The summed E-state index contributed by atoms with van der Waals surface area (Å²) in [5, 5.41) is 0. The standard InChI is InChI=1S/C15H13BrN2O/c1-8-5-11(17)7-12(9(8)2)15-18-13-6-10(16)3-4-14(13)19-15/h3-7H,17H2,1-2H3. The molecular formula is C15H13BrN2O. The Balaban J connectivity index is 2.24. The van der Waals surface area contributed by atoms with Crippen molar-refractivity contribution in [2.24, 2.45) is 0 Å². The first-order chi connectivity index (χ1) is 9.04. The average molecular weight is 317 g/mol. The van der Waals surface area contributed by atoms with E-state index < -0.39 is 0 Å². The summed E-state index contributed by atoms with van der Waals surface area (Å²) in [4.78, 5) is 4.53. The molecule has 1 aromatic heterocycles. The summed E-state index contributed by atoms with van der Waals surface area (Å²) in [5.41, 5.74) is 11.5. The zero-order valence-corrected chi connectivity index (χ0v) is 12.3. The molecule has 3 rings (SSSR count). The van der Waals surface area contributed by atoms with Gasteiger partial charge in [-0.3, -0.25) is 0 Å². The van der Waals surface area contributed by atoms with Crippen LogP contribution in [0.1, 0.15) is 11.1 Å². The van der Waals surface area contributed by atoms with Gasteiger partial charge in [0.2, 0.25) is 5.89 Å². The van der Waals surface area contributed by atoms with Crippen LogP contribution in [0.15, 0.2) is 39.2 Å². The molecule has 0 radical (unpaired) electrons. The van der Waals surface area contributed by atoms with Gasteiger partial charge in [-0.2, -0.15) is 0 Å². The van der Waals surface area contributed by atoms with Crippen molar-refractivity contribution >= 4 is 32.7 Å². The molecule has 4 heteroatoms. The topological polar surface area (TPSA) is 52.0 Å². The predicted octanol–water partition coefficient (Wildman–Crippen LogP) is 4.46. The largest absolute Gasteiger partial charge is 0.436 e. The molecule has 0 bridgehead atoms. The van der Waals surface area contributed by atoms with E-state index in [4.69, 9.17) is 10.2 Å². The number of anilines is 1. The quantitative estimate of drug-likeness (QED) is 0.674. The lowest BCUT2D eigenvalue weighted by Gasteiger charge is -2.06. The third kappa shape index (κ3) is 2.12. The van der Waals surface area contributed by atoms with E-state index in [2.05, 4.69) is 27.8 Å². The van der Waals surface area contributed by atoms with Gasteiger partial charge in [0.1, 0.15) is 5.52 Å². The first-order valence-electron chi connectivity index (χ1n) is 5.98. The van der Waals surface area contributed by atoms with Crippen molar-refractivity contribution in [1.29, 1.82) is 0 Å². The Kier molecular flexibility index (Phi) is 2.82. The minimum Gasteiger partial charge on any atom is -0.436 e. The van der Waals surface area contributed by atoms with Gasteiger partial charge in [-0.1, -0.05) is 15.9 Å². The first-order valence-corrected chi connectivity index (χ1v) is 6.77. The van der Waals surface area contributed by atoms with Gasteiger partial charge in [0.15, 0.2) is 5.58 Å². The molecule has 1 heterocycles. The summed E-state index contributed by atoms with van der Waals surface area (Å²) in [5.74, 6) is 0.612. The molecule has 96 valence electrons. The maximum absolute atomic E-state index is 5.91. The number of rotatable bonds is 1. The maximum Gasteiger partial charge on any atom is 0.227 e. The normalized spacial score (nSPS) is 11.1. The molecule has 2 N–H and O–H groups in total. The van der Waals surface area contributed by atoms with Gasteiger partial charge < -0.3 is 10.2 Å². The summed E-state index contributed by atoms with van der Waals surface area (Å²) in [6.07, 6.45) is 0. The lowest BCUT2D eigenvalue weighted by molar-refractivity contribution is 0.619. The fourth-order valence-corrected chi connectivity index (χ4v) is 2.47. The first kappa shape index (κ1) is 12.2. The van der Waals surface area contributed by atoms with Crippen molar-refractivity contribution < 1.29 is 4.42 Å². The van der Waals surface area contributed by atoms with Crippen molar-refractivity contribution in [3.63, 3.8) is 0 Å². The fourth-order valence-electron chi connectivity index (χ4n) is 2.13. The molecule has 0 fully saturated rings. The number of nitrogens with two attached hydrogens (primary N) is 1. The summed E-state index contributed by atoms with van der Waals surface area (Å²) < 4.78 is 6.80. The number of nitrogens with zero attached hydrogens (tertiary/aromatic N) is 1. The van der Waals surface area contributed by atoms with Gasteiger partial charge in [0, 0.05) is 15.7 Å². The van der Waals surface area contributed by atoms with Crippen molar-refractivity contribution in [2.75, 3.05) is 5.73 Å². The van der Waals surface area contributed by atoms with E-state index in [1.165, 1.54) is 0 Å². The number of aryl methyl sites for hydroxylation is 1. The van der Waals surface area contributed by atoms with Gasteiger partial charge in [-0.05, 0) is 55.3 Å². The lowest BCUT2D eigenvalue weighted by atomic mass is 10.0. The van der Waals surface area contributed by atoms with Crippen LogP contribution >= 0.6 is 15.9 Å². The Morgan fingerprint density at radius 2 is 1.95 bits per heavy atom. The highest BCUT2D eigenvalue weighted by atomic mass is 79.9. The number of fused-ring (bicyclic) bond motifs is 1. The lowest BCUT2D eigenvalue weighted by Crippen LogP contribution is -1.92. The Bertz CT molecular complexity index is 777. The Hall–Kier alpha value is -1.81. The molecule has 0 aliphatic carbocycles. The highest BCUT2D eigenvalue weighted by Crippen LogP contribution is 2.31. The van der Waals surface area contributed by atoms with Crippen LogP contribution in [0.2, 0.25) is 0 Å². The number of hydrogen-bond donors (Lipinski definition) is 1. The molecular weight excluding hydrogens is 304 g/mol. The van der Waals surface area contributed by atoms with Crippen LogP contribution in [0.5, 0.6) is 0 Å². The third-order valence-electron chi connectivity index (χ3n) is 3.27. The number of oxazole rings is 1. The molecule has 3 nitrogen and oxygen atoms in total. The van der Waals surface area contributed by atoms with Gasteiger partial charge in [0.25, 0.3) is 0 Å². The highest BCUT2D eigenvalue weighted by molar-refractivity contribution is 9.10. The van der Waals surface area contributed by atoms with Crippen LogP contribution in [0.4, 0.5) is 5.69 Å². The van der Waals surface area contributed by atoms with Gasteiger partial charge >= 0.3 is 0 Å². The number of aromatic nitrogens is 1. The second-order valence-corrected chi connectivity index (χ2v) is 5.56. The zero-order chi connectivity index (χ0) is 13.6. The van der Waals surface area contributed by atoms with Gasteiger partial charge in [0.05, 0.1) is 0 Å². The smallest absolute Gasteiger partial charge is 0.227 e. The monoisotopic (exact) mass is 316 g/mol. The molecule has 0 amide bonds. The molecule has 3 aromatic rings. The zero-order valence-electron chi connectivity index (χ0n) is 10.7. The van der Waals surface area contributed by atoms with E-state index in [0.29, 0.717) is 5.89 Å². The van der Waals surface area contributed by atoms with E-state index in [1.807, 2.05) is 37.3 Å². The van der Waals surface area contributed by atoms with Crippen LogP contribution in [0, 0.1) is 13.8 Å². The average Bonchev–Trinajstić information content (AvgIpc) is 2.76. The molecule has 0 atom stereocenters. The molecule has 0 aliphatic heterocycles. The molecule has 0 unspecified atom stereocenters. The molecule has 0 spiro atoms. The van der Waals surface area contributed by atoms with E-state index >= 15 is 0 Å². The summed E-state index contributed by atoms with van der Waals surface area (Å²) in [7, 11) is 0. The Morgan fingerprint density at radius 1 is 1.16 bits per heavy atom. The summed E-state index contributed by atoms with van der Waals surface area (Å²) >= 11 is 3.43. The van der Waals surface area contributed by atoms with Gasteiger partial charge in [-0.15, -0.1) is 0 Å². The fraction of sp³-hybridized carbons (Fsp3) is 0.133. The maximum atomic E-state index is 5.91. The number of benzene rings is 2. The van der Waals surface area contributed by atoms with E-state index in [-0.39, 0.29) is 0 Å². The molecule has 0 saturated heterocycles. The van der Waals surface area contributed by atoms with Crippen LogP contribution in [0.3, 0.4) is 0 Å². The van der Waals surface area contributed by atoms with Crippen LogP contribution in [-0.2, 0) is 0 Å². The summed E-state index contributed by atoms with van der Waals surface area (Å²) in [6, 6.07) is 9.65. The summed E-state index contributed by atoms with van der Waals surface area (Å²) in [6.45, 7) is 4.09. The third-order valence-corrected chi connectivity index (χ3v) is 3.76. The predicted molar refractivity (Wildman–Crippen MR) is 81.0 cm³/mol. The van der Waals surface area contributed by atoms with Crippen LogP contribution < -0.4 is 5.73 Å². The van der Waals surface area contributed by atoms with Crippen molar-refractivity contribution in [2.45, 2.75) is 13.8 Å². The Labute approximate surface area is 119 Å². The van der Waals surface area contributed by atoms with E-state index in [9.17, 15) is 0 Å². The van der Waals surface area contributed by atoms with Crippen molar-refractivity contribution in [3.8, 4) is 11.5 Å². The highest BCUT2D eigenvalue weighted by Gasteiger charge is 2.12. The minimum atomic E-state index is 0.612. The van der Waals surface area contributed by atoms with Crippen molar-refractivity contribution in [3.05, 3.63) is 45.9 Å². The minimum absolute atomic E-state index is 0.612. The van der Waals surface area contributed by atoms with Crippen molar-refractivity contribution in [1.82, 2.24) is 4.98 Å². The van der Waals surface area contributed by atoms with Crippen LogP contribution in [-0.4, -0.2) is 4.98 Å². The van der Waals surface area contributed by atoms with E-state index in [0.717, 1.165) is 38.0 Å². The second kappa shape index (κ2) is 4.38. The van der Waals surface area contributed by atoms with Crippen LogP contribution in [0.25, 0.3) is 22.6 Å². The number of nitrogen functional groups attached to an aromatic ring is 1. The second-order valence-electron chi connectivity index (χ2n) is 4.64. The number of hydrogen-bond acceptors (Lipinski definition) is 3. The van der Waals surface area contributed by atoms with Gasteiger partial charge in [-0.25, -0.2) is 4.98 Å². The number of halogens is 1. The molecule has 2 aromatic carbocycles.